The number of aryl methyl sites for hydroxylation is 1. The molecule has 3 rings (SSSR count). The second kappa shape index (κ2) is 8.01. The number of urea groups is 1. The van der Waals surface area contributed by atoms with E-state index in [4.69, 9.17) is 0 Å². The Morgan fingerprint density at radius 2 is 1.85 bits per heavy atom. The quantitative estimate of drug-likeness (QED) is 0.599. The number of hydrogen-bond donors (Lipinski definition) is 3. The van der Waals surface area contributed by atoms with E-state index in [1.165, 1.54) is 16.1 Å². The highest BCUT2D eigenvalue weighted by Crippen LogP contribution is 2.15. The number of amides is 2. The first-order valence-corrected chi connectivity index (χ1v) is 8.66. The first-order valence-electron chi connectivity index (χ1n) is 8.26. The van der Waals surface area contributed by atoms with Crippen LogP contribution < -0.4 is 10.6 Å². The number of thiol groups is 1. The van der Waals surface area contributed by atoms with Crippen LogP contribution in [0.5, 0.6) is 0 Å². The summed E-state index contributed by atoms with van der Waals surface area (Å²) in [6, 6.07) is 11.6. The molecule has 8 heteroatoms. The Labute approximate surface area is 157 Å². The fourth-order valence-electron chi connectivity index (χ4n) is 2.27. The Kier molecular flexibility index (Phi) is 5.52. The summed E-state index contributed by atoms with van der Waals surface area (Å²) in [5, 5.41) is 5.92. The second-order valence-corrected chi connectivity index (χ2v) is 6.26. The normalized spacial score (nSPS) is 10.6. The lowest BCUT2D eigenvalue weighted by Crippen LogP contribution is -2.27. The van der Waals surface area contributed by atoms with E-state index in [0.717, 1.165) is 5.56 Å². The van der Waals surface area contributed by atoms with Crippen molar-refractivity contribution in [2.75, 3.05) is 17.2 Å². The standard InChI is InChI=1S/C18H20N6OS/c1-3-24(26)18(25)23-16-11-19-14-8-9-15(21-17(14)22-16)20-10-13-6-4-12(2)5-7-13/h4-9,11,26H,3,10H2,1-2H3,(H2,20,21,22,23,25). The van der Waals surface area contributed by atoms with Crippen LogP contribution in [0.25, 0.3) is 11.2 Å². The summed E-state index contributed by atoms with van der Waals surface area (Å²) in [6.07, 6.45) is 1.50. The molecule has 0 saturated carbocycles. The lowest BCUT2D eigenvalue weighted by Gasteiger charge is -2.13. The molecule has 2 heterocycles. The molecule has 1 aromatic carbocycles. The van der Waals surface area contributed by atoms with Crippen molar-refractivity contribution in [1.82, 2.24) is 19.3 Å². The third-order valence-corrected chi connectivity index (χ3v) is 4.23. The molecule has 7 nitrogen and oxygen atoms in total. The number of carbonyl (C=O) groups excluding carboxylic acids is 1. The topological polar surface area (TPSA) is 83.0 Å². The predicted molar refractivity (Wildman–Crippen MR) is 106 cm³/mol. The molecule has 26 heavy (non-hydrogen) atoms. The summed E-state index contributed by atoms with van der Waals surface area (Å²) < 4.78 is 1.25. The molecule has 0 atom stereocenters. The molecular weight excluding hydrogens is 348 g/mol. The van der Waals surface area contributed by atoms with E-state index in [2.05, 4.69) is 69.6 Å². The number of benzene rings is 1. The zero-order chi connectivity index (χ0) is 18.5. The van der Waals surface area contributed by atoms with Crippen LogP contribution in [-0.4, -0.2) is 31.8 Å². The minimum Gasteiger partial charge on any atom is -0.366 e. The predicted octanol–water partition coefficient (Wildman–Crippen LogP) is 3.64. The number of rotatable bonds is 5. The number of anilines is 2. The highest BCUT2D eigenvalue weighted by Gasteiger charge is 2.10. The van der Waals surface area contributed by atoms with Gasteiger partial charge < -0.3 is 5.32 Å². The smallest absolute Gasteiger partial charge is 0.332 e. The van der Waals surface area contributed by atoms with Gasteiger partial charge in [-0.05, 0) is 31.5 Å². The molecule has 2 N–H and O–H groups in total. The summed E-state index contributed by atoms with van der Waals surface area (Å²) in [4.78, 5) is 25.0. The number of carbonyl (C=O) groups is 1. The Morgan fingerprint density at radius 1 is 1.12 bits per heavy atom. The monoisotopic (exact) mass is 368 g/mol. The summed E-state index contributed by atoms with van der Waals surface area (Å²) in [5.74, 6) is 1.03. The van der Waals surface area contributed by atoms with Crippen LogP contribution in [0.4, 0.5) is 16.4 Å². The van der Waals surface area contributed by atoms with Gasteiger partial charge in [-0.25, -0.2) is 19.7 Å². The fraction of sp³-hybridized carbons (Fsp3) is 0.222. The van der Waals surface area contributed by atoms with Crippen molar-refractivity contribution in [3.63, 3.8) is 0 Å². The number of hydrogen-bond acceptors (Lipinski definition) is 6. The van der Waals surface area contributed by atoms with Gasteiger partial charge in [0.1, 0.15) is 11.3 Å². The van der Waals surface area contributed by atoms with Crippen molar-refractivity contribution in [2.45, 2.75) is 20.4 Å². The minimum atomic E-state index is -0.363. The van der Waals surface area contributed by atoms with E-state index in [1.54, 1.807) is 0 Å². The van der Waals surface area contributed by atoms with Crippen LogP contribution in [0.1, 0.15) is 18.1 Å². The summed E-state index contributed by atoms with van der Waals surface area (Å²) in [5.41, 5.74) is 3.50. The molecule has 0 saturated heterocycles. The SMILES string of the molecule is CCN(S)C(=O)Nc1cnc2ccc(NCc3ccc(C)cc3)nc2n1. The van der Waals surface area contributed by atoms with Gasteiger partial charge in [0.05, 0.1) is 6.20 Å². The molecule has 134 valence electrons. The Morgan fingerprint density at radius 3 is 2.58 bits per heavy atom. The largest absolute Gasteiger partial charge is 0.366 e. The maximum atomic E-state index is 11.9. The molecule has 2 amide bonds. The molecule has 0 fully saturated rings. The van der Waals surface area contributed by atoms with Gasteiger partial charge >= 0.3 is 6.03 Å². The van der Waals surface area contributed by atoms with Gasteiger partial charge in [0.2, 0.25) is 0 Å². The molecule has 0 aliphatic carbocycles. The number of nitrogens with one attached hydrogen (secondary N) is 2. The average molecular weight is 368 g/mol. The summed E-state index contributed by atoms with van der Waals surface area (Å²) in [7, 11) is 0. The van der Waals surface area contributed by atoms with E-state index in [9.17, 15) is 4.79 Å². The number of pyridine rings is 1. The van der Waals surface area contributed by atoms with Gasteiger partial charge in [-0.15, -0.1) is 0 Å². The summed E-state index contributed by atoms with van der Waals surface area (Å²) in [6.45, 7) is 5.02. The van der Waals surface area contributed by atoms with Crippen molar-refractivity contribution in [3.8, 4) is 0 Å². The van der Waals surface area contributed by atoms with Crippen molar-refractivity contribution in [1.29, 1.82) is 0 Å². The lowest BCUT2D eigenvalue weighted by molar-refractivity contribution is 0.240. The van der Waals surface area contributed by atoms with Crippen LogP contribution in [-0.2, 0) is 6.54 Å². The number of fused-ring (bicyclic) bond motifs is 1. The van der Waals surface area contributed by atoms with E-state index in [0.29, 0.717) is 35.9 Å². The van der Waals surface area contributed by atoms with Gasteiger partial charge in [0.25, 0.3) is 0 Å². The van der Waals surface area contributed by atoms with E-state index >= 15 is 0 Å². The molecule has 3 aromatic rings. The first kappa shape index (κ1) is 17.9. The van der Waals surface area contributed by atoms with Gasteiger partial charge in [-0.1, -0.05) is 42.6 Å². The van der Waals surface area contributed by atoms with Crippen LogP contribution in [0, 0.1) is 6.92 Å². The van der Waals surface area contributed by atoms with Crippen LogP contribution >= 0.6 is 12.8 Å². The maximum Gasteiger partial charge on any atom is 0.332 e. The Hall–Kier alpha value is -2.87. The molecular formula is C18H20N6OS. The zero-order valence-corrected chi connectivity index (χ0v) is 15.5. The van der Waals surface area contributed by atoms with Gasteiger partial charge in [-0.3, -0.25) is 9.62 Å². The number of aromatic nitrogens is 3. The Balaban J connectivity index is 1.74. The van der Waals surface area contributed by atoms with Crippen molar-refractivity contribution < 1.29 is 4.79 Å². The maximum absolute atomic E-state index is 11.9. The minimum absolute atomic E-state index is 0.332. The number of nitrogens with zero attached hydrogens (tertiary/aromatic N) is 4. The van der Waals surface area contributed by atoms with Crippen molar-refractivity contribution >= 4 is 41.6 Å². The van der Waals surface area contributed by atoms with Crippen molar-refractivity contribution in [2.24, 2.45) is 0 Å². The fourth-order valence-corrected chi connectivity index (χ4v) is 2.32. The second-order valence-electron chi connectivity index (χ2n) is 5.78. The Bertz CT molecular complexity index is 915. The van der Waals surface area contributed by atoms with Crippen LogP contribution in [0.15, 0.2) is 42.6 Å². The molecule has 0 radical (unpaired) electrons. The highest BCUT2D eigenvalue weighted by atomic mass is 32.1. The highest BCUT2D eigenvalue weighted by molar-refractivity contribution is 7.78. The van der Waals surface area contributed by atoms with Crippen LogP contribution in [0.3, 0.4) is 0 Å². The molecule has 0 aliphatic rings. The molecule has 0 unspecified atom stereocenters. The molecule has 0 spiro atoms. The van der Waals surface area contributed by atoms with E-state index < -0.39 is 0 Å². The van der Waals surface area contributed by atoms with Gasteiger partial charge in [0.15, 0.2) is 11.5 Å². The van der Waals surface area contributed by atoms with Crippen LogP contribution in [0.2, 0.25) is 0 Å². The van der Waals surface area contributed by atoms with E-state index in [-0.39, 0.29) is 6.03 Å². The lowest BCUT2D eigenvalue weighted by atomic mass is 10.1. The van der Waals surface area contributed by atoms with Gasteiger partial charge in [-0.2, -0.15) is 0 Å². The van der Waals surface area contributed by atoms with Gasteiger partial charge in [0, 0.05) is 13.1 Å². The zero-order valence-electron chi connectivity index (χ0n) is 14.6. The molecule has 2 aromatic heterocycles. The first-order chi connectivity index (χ1) is 12.5. The average Bonchev–Trinajstić information content (AvgIpc) is 2.66. The summed E-state index contributed by atoms with van der Waals surface area (Å²) >= 11 is 4.06. The van der Waals surface area contributed by atoms with Crippen molar-refractivity contribution in [3.05, 3.63) is 53.7 Å². The third-order valence-electron chi connectivity index (χ3n) is 3.77. The molecule has 0 bridgehead atoms. The third kappa shape index (κ3) is 4.40. The van der Waals surface area contributed by atoms with E-state index in [1.807, 2.05) is 19.1 Å². The molecule has 0 aliphatic heterocycles.